The summed E-state index contributed by atoms with van der Waals surface area (Å²) in [7, 11) is 4.00. The third kappa shape index (κ3) is 22.5. The van der Waals surface area contributed by atoms with Crippen LogP contribution in [0.1, 0.15) is 39.5 Å². The van der Waals surface area contributed by atoms with Crippen LogP contribution >= 0.6 is 0 Å². The van der Waals surface area contributed by atoms with E-state index < -0.39 is 0 Å². The van der Waals surface area contributed by atoms with Crippen LogP contribution in [-0.2, 0) is 4.74 Å². The molecule has 0 heterocycles. The zero-order valence-electron chi connectivity index (χ0n) is 9.23. The normalized spacial score (nSPS) is 9.00. The zero-order chi connectivity index (χ0) is 9.66. The molecule has 2 N–H and O–H groups in total. The van der Waals surface area contributed by atoms with Crippen molar-refractivity contribution in [3.8, 4) is 0 Å². The molecule has 0 aliphatic heterocycles. The molecule has 0 saturated heterocycles. The highest BCUT2D eigenvalue weighted by Crippen LogP contribution is 1.91. The van der Waals surface area contributed by atoms with Crippen molar-refractivity contribution in [1.29, 1.82) is 0 Å². The minimum Gasteiger partial charge on any atom is -0.381 e. The maximum Gasteiger partial charge on any atom is 0.0647 e. The Labute approximate surface area is 77.7 Å². The van der Waals surface area contributed by atoms with Gasteiger partial charge in [-0.15, -0.1) is 0 Å². The molecule has 0 aromatic heterocycles. The maximum absolute atomic E-state index is 5.31. The highest BCUT2D eigenvalue weighted by Gasteiger charge is 1.84. The number of rotatable bonds is 6. The van der Waals surface area contributed by atoms with Gasteiger partial charge in [0.15, 0.2) is 0 Å². The molecule has 0 saturated carbocycles. The van der Waals surface area contributed by atoms with Gasteiger partial charge in [0, 0.05) is 13.2 Å². The van der Waals surface area contributed by atoms with Crippen molar-refractivity contribution in [1.82, 2.24) is 0 Å². The van der Waals surface area contributed by atoms with E-state index in [4.69, 9.17) is 4.74 Å². The standard InChI is InChI=1S/C8H18O.C2H7N/c1-3-5-7-9-8-6-4-2;1-3-2/h3-8H2,1-2H3;3H,1-2H3/p+1. The van der Waals surface area contributed by atoms with E-state index in [-0.39, 0.29) is 0 Å². The van der Waals surface area contributed by atoms with Gasteiger partial charge in [0.1, 0.15) is 0 Å². The monoisotopic (exact) mass is 176 g/mol. The average molecular weight is 176 g/mol. The van der Waals surface area contributed by atoms with Crippen molar-refractivity contribution in [2.45, 2.75) is 39.5 Å². The van der Waals surface area contributed by atoms with Crippen LogP contribution in [0.2, 0.25) is 0 Å². The van der Waals surface area contributed by atoms with Crippen molar-refractivity contribution < 1.29 is 10.1 Å². The van der Waals surface area contributed by atoms with Crippen LogP contribution in [0.5, 0.6) is 0 Å². The molecule has 0 aliphatic carbocycles. The first-order valence-corrected chi connectivity index (χ1v) is 5.15. The van der Waals surface area contributed by atoms with Crippen LogP contribution in [-0.4, -0.2) is 27.3 Å². The van der Waals surface area contributed by atoms with Gasteiger partial charge in [0.2, 0.25) is 0 Å². The van der Waals surface area contributed by atoms with E-state index in [1.807, 2.05) is 19.4 Å². The molecule has 2 heteroatoms. The zero-order valence-corrected chi connectivity index (χ0v) is 9.23. The number of unbranched alkanes of at least 4 members (excludes halogenated alkanes) is 2. The number of hydrogen-bond donors (Lipinski definition) is 1. The molecule has 0 aromatic rings. The molecule has 12 heavy (non-hydrogen) atoms. The average Bonchev–Trinajstić information content (AvgIpc) is 2.06. The molecule has 0 unspecified atom stereocenters. The second-order valence-electron chi connectivity index (χ2n) is 2.90. The minimum atomic E-state index is 0.955. The van der Waals surface area contributed by atoms with Crippen LogP contribution in [0.3, 0.4) is 0 Å². The van der Waals surface area contributed by atoms with Crippen molar-refractivity contribution in [2.75, 3.05) is 27.3 Å². The lowest BCUT2D eigenvalue weighted by molar-refractivity contribution is -0.597. The highest BCUT2D eigenvalue weighted by atomic mass is 16.5. The third-order valence-corrected chi connectivity index (χ3v) is 1.28. The van der Waals surface area contributed by atoms with Crippen molar-refractivity contribution in [2.24, 2.45) is 0 Å². The third-order valence-electron chi connectivity index (χ3n) is 1.28. The van der Waals surface area contributed by atoms with Crippen LogP contribution in [0.15, 0.2) is 0 Å². The topological polar surface area (TPSA) is 25.8 Å². The fraction of sp³-hybridized carbons (Fsp3) is 1.00. The first-order chi connectivity index (χ1) is 5.83. The Morgan fingerprint density at radius 1 is 0.917 bits per heavy atom. The molecule has 0 radical (unpaired) electrons. The van der Waals surface area contributed by atoms with E-state index in [0.29, 0.717) is 0 Å². The van der Waals surface area contributed by atoms with Gasteiger partial charge in [-0.3, -0.25) is 0 Å². The molecule has 76 valence electrons. The van der Waals surface area contributed by atoms with E-state index in [0.717, 1.165) is 13.2 Å². The SMILES string of the molecule is CCCCOCCCC.C[NH2+]C. The number of quaternary nitrogens is 1. The van der Waals surface area contributed by atoms with Gasteiger partial charge >= 0.3 is 0 Å². The van der Waals surface area contributed by atoms with Gasteiger partial charge < -0.3 is 10.1 Å². The largest absolute Gasteiger partial charge is 0.381 e. The second-order valence-corrected chi connectivity index (χ2v) is 2.90. The number of nitrogens with two attached hydrogens (primary N) is 1. The van der Waals surface area contributed by atoms with Gasteiger partial charge in [-0.2, -0.15) is 0 Å². The van der Waals surface area contributed by atoms with Crippen molar-refractivity contribution in [3.63, 3.8) is 0 Å². The molecule has 0 aliphatic rings. The Balaban J connectivity index is 0. The molecule has 2 nitrogen and oxygen atoms in total. The molecule has 0 rings (SSSR count). The summed E-state index contributed by atoms with van der Waals surface area (Å²) < 4.78 is 5.31. The molecule has 0 bridgehead atoms. The Bertz CT molecular complexity index is 51.8. The molecule has 0 aromatic carbocycles. The number of hydrogen-bond acceptors (Lipinski definition) is 1. The first kappa shape index (κ1) is 14.4. The van der Waals surface area contributed by atoms with Crippen LogP contribution in [0, 0.1) is 0 Å². The van der Waals surface area contributed by atoms with E-state index in [9.17, 15) is 0 Å². The lowest BCUT2D eigenvalue weighted by Gasteiger charge is -1.99. The summed E-state index contributed by atoms with van der Waals surface area (Å²) in [6.07, 6.45) is 4.91. The molecular weight excluding hydrogens is 150 g/mol. The van der Waals surface area contributed by atoms with Gasteiger partial charge in [-0.1, -0.05) is 26.7 Å². The van der Waals surface area contributed by atoms with Crippen molar-refractivity contribution >= 4 is 0 Å². The van der Waals surface area contributed by atoms with Crippen LogP contribution in [0.25, 0.3) is 0 Å². The first-order valence-electron chi connectivity index (χ1n) is 5.15. The fourth-order valence-electron chi connectivity index (χ4n) is 0.595. The summed E-state index contributed by atoms with van der Waals surface area (Å²) in [4.78, 5) is 0. The minimum absolute atomic E-state index is 0.955. The Kier molecular flexibility index (Phi) is 20.6. The summed E-state index contributed by atoms with van der Waals surface area (Å²) in [6.45, 7) is 6.28. The molecule has 0 spiro atoms. The van der Waals surface area contributed by atoms with Gasteiger partial charge in [0.05, 0.1) is 14.1 Å². The van der Waals surface area contributed by atoms with Gasteiger partial charge in [0.25, 0.3) is 0 Å². The summed E-state index contributed by atoms with van der Waals surface area (Å²) in [5, 5.41) is 2.00. The van der Waals surface area contributed by atoms with Gasteiger partial charge in [-0.05, 0) is 12.8 Å². The van der Waals surface area contributed by atoms with E-state index in [2.05, 4.69) is 13.8 Å². The highest BCUT2D eigenvalue weighted by molar-refractivity contribution is 4.33. The molecule has 0 amide bonds. The summed E-state index contributed by atoms with van der Waals surface area (Å²) in [5.74, 6) is 0. The lowest BCUT2D eigenvalue weighted by atomic mass is 10.3. The Morgan fingerprint density at radius 3 is 1.50 bits per heavy atom. The maximum atomic E-state index is 5.31. The molecular formula is C10H26NO+. The van der Waals surface area contributed by atoms with Gasteiger partial charge in [-0.25, -0.2) is 0 Å². The fourth-order valence-corrected chi connectivity index (χ4v) is 0.595. The van der Waals surface area contributed by atoms with E-state index in [1.54, 1.807) is 0 Å². The quantitative estimate of drug-likeness (QED) is 0.608. The van der Waals surface area contributed by atoms with Crippen molar-refractivity contribution in [3.05, 3.63) is 0 Å². The smallest absolute Gasteiger partial charge is 0.0647 e. The van der Waals surface area contributed by atoms with E-state index in [1.165, 1.54) is 25.7 Å². The molecule has 0 fully saturated rings. The van der Waals surface area contributed by atoms with E-state index >= 15 is 0 Å². The predicted molar refractivity (Wildman–Crippen MR) is 54.4 cm³/mol. The summed E-state index contributed by atoms with van der Waals surface area (Å²) in [5.41, 5.74) is 0. The second kappa shape index (κ2) is 17.1. The molecule has 0 atom stereocenters. The lowest BCUT2D eigenvalue weighted by Crippen LogP contribution is -2.74. The Hall–Kier alpha value is -0.0800. The van der Waals surface area contributed by atoms with Crippen LogP contribution < -0.4 is 5.32 Å². The summed E-state index contributed by atoms with van der Waals surface area (Å²) in [6, 6.07) is 0. The Morgan fingerprint density at radius 2 is 1.25 bits per heavy atom. The predicted octanol–water partition coefficient (Wildman–Crippen LogP) is 1.41. The number of ether oxygens (including phenoxy) is 1. The van der Waals surface area contributed by atoms with Crippen LogP contribution in [0.4, 0.5) is 0 Å². The summed E-state index contributed by atoms with van der Waals surface area (Å²) >= 11 is 0.